The summed E-state index contributed by atoms with van der Waals surface area (Å²) in [5, 5.41) is 0. The monoisotopic (exact) mass is 323 g/mol. The van der Waals surface area contributed by atoms with E-state index in [4.69, 9.17) is 0 Å². The van der Waals surface area contributed by atoms with Crippen molar-refractivity contribution >= 4 is 17.9 Å². The average Bonchev–Trinajstić information content (AvgIpc) is 2.45. The number of rotatable bonds is 4. The van der Waals surface area contributed by atoms with Crippen molar-refractivity contribution in [2.24, 2.45) is 0 Å². The molecular weight excluding hydrogens is 309 g/mol. The van der Waals surface area contributed by atoms with Crippen LogP contribution in [0.15, 0.2) is 72.8 Å². The number of allylic oxidation sites excluding steroid dienone is 2. The van der Waals surface area contributed by atoms with Crippen LogP contribution >= 0.6 is 0 Å². The minimum absolute atomic E-state index is 0. The van der Waals surface area contributed by atoms with E-state index in [1.807, 2.05) is 72.8 Å². The maximum atomic E-state index is 11.6. The molecular formula is C17H14OY. The maximum absolute atomic E-state index is 11.6. The van der Waals surface area contributed by atoms with Gasteiger partial charge in [0.25, 0.3) is 0 Å². The van der Waals surface area contributed by atoms with Crippen molar-refractivity contribution in [3.8, 4) is 0 Å². The van der Waals surface area contributed by atoms with Gasteiger partial charge in [-0.05, 0) is 23.3 Å². The fourth-order valence-electron chi connectivity index (χ4n) is 1.54. The quantitative estimate of drug-likeness (QED) is 0.778. The van der Waals surface area contributed by atoms with Crippen LogP contribution in [0, 0.1) is 0 Å². The zero-order valence-electron chi connectivity index (χ0n) is 10.6. The first kappa shape index (κ1) is 15.8. The first-order valence-corrected chi connectivity index (χ1v) is 5.85. The van der Waals surface area contributed by atoms with E-state index in [9.17, 15) is 4.79 Å². The van der Waals surface area contributed by atoms with E-state index >= 15 is 0 Å². The minimum Gasteiger partial charge on any atom is -0.290 e. The van der Waals surface area contributed by atoms with Gasteiger partial charge in [0.15, 0.2) is 5.78 Å². The molecule has 0 atom stereocenters. The minimum atomic E-state index is -0.0114. The van der Waals surface area contributed by atoms with Crippen molar-refractivity contribution < 1.29 is 37.5 Å². The third-order valence-electron chi connectivity index (χ3n) is 2.48. The second kappa shape index (κ2) is 8.74. The van der Waals surface area contributed by atoms with Gasteiger partial charge >= 0.3 is 0 Å². The summed E-state index contributed by atoms with van der Waals surface area (Å²) >= 11 is 0. The Labute approximate surface area is 138 Å². The molecule has 2 aromatic rings. The fourth-order valence-corrected chi connectivity index (χ4v) is 1.54. The summed E-state index contributed by atoms with van der Waals surface area (Å²) in [5.41, 5.74) is 2.05. The number of benzene rings is 2. The Morgan fingerprint density at radius 2 is 1.05 bits per heavy atom. The Hall–Kier alpha value is -1.31. The van der Waals surface area contributed by atoms with Gasteiger partial charge < -0.3 is 0 Å². The standard InChI is InChI=1S/C17H14O.Y/c18-17(13-11-15-7-3-1-4-8-15)14-12-16-9-5-2-6-10-16;/h1-14H;. The molecule has 91 valence electrons. The third kappa shape index (κ3) is 5.91. The summed E-state index contributed by atoms with van der Waals surface area (Å²) in [6.07, 6.45) is 6.79. The molecule has 0 aliphatic rings. The average molecular weight is 323 g/mol. The molecule has 2 aromatic carbocycles. The Kier molecular flexibility index (Phi) is 7.24. The smallest absolute Gasteiger partial charge is 0.178 e. The van der Waals surface area contributed by atoms with E-state index in [1.54, 1.807) is 12.2 Å². The van der Waals surface area contributed by atoms with Gasteiger partial charge in [-0.25, -0.2) is 0 Å². The first-order valence-electron chi connectivity index (χ1n) is 5.85. The van der Waals surface area contributed by atoms with E-state index in [0.29, 0.717) is 0 Å². The molecule has 0 aromatic heterocycles. The van der Waals surface area contributed by atoms with E-state index < -0.39 is 0 Å². The molecule has 0 amide bonds. The van der Waals surface area contributed by atoms with Gasteiger partial charge in [-0.1, -0.05) is 72.8 Å². The van der Waals surface area contributed by atoms with Gasteiger partial charge in [-0.15, -0.1) is 0 Å². The fraction of sp³-hybridized carbons (Fsp3) is 0. The van der Waals surface area contributed by atoms with Gasteiger partial charge in [-0.3, -0.25) is 4.79 Å². The van der Waals surface area contributed by atoms with Crippen molar-refractivity contribution in [1.82, 2.24) is 0 Å². The third-order valence-corrected chi connectivity index (χ3v) is 2.48. The molecule has 2 heteroatoms. The maximum Gasteiger partial charge on any atom is 0.178 e. The van der Waals surface area contributed by atoms with Crippen LogP contribution in [0.1, 0.15) is 11.1 Å². The summed E-state index contributed by atoms with van der Waals surface area (Å²) in [4.78, 5) is 11.6. The van der Waals surface area contributed by atoms with E-state index in [2.05, 4.69) is 0 Å². The molecule has 0 unspecified atom stereocenters. The van der Waals surface area contributed by atoms with Gasteiger partial charge in [0.05, 0.1) is 0 Å². The normalized spacial score (nSPS) is 10.5. The number of ketones is 1. The van der Waals surface area contributed by atoms with Crippen LogP contribution in [0.5, 0.6) is 0 Å². The van der Waals surface area contributed by atoms with E-state index in [0.717, 1.165) is 11.1 Å². The number of hydrogen-bond acceptors (Lipinski definition) is 1. The molecule has 0 aliphatic heterocycles. The summed E-state index contributed by atoms with van der Waals surface area (Å²) in [6.45, 7) is 0. The zero-order chi connectivity index (χ0) is 12.6. The summed E-state index contributed by atoms with van der Waals surface area (Å²) in [7, 11) is 0. The van der Waals surface area contributed by atoms with E-state index in [1.165, 1.54) is 0 Å². The molecule has 0 N–H and O–H groups in total. The van der Waals surface area contributed by atoms with Crippen molar-refractivity contribution in [2.75, 3.05) is 0 Å². The van der Waals surface area contributed by atoms with Gasteiger partial charge in [0.1, 0.15) is 0 Å². The van der Waals surface area contributed by atoms with Gasteiger partial charge in [-0.2, -0.15) is 0 Å². The molecule has 19 heavy (non-hydrogen) atoms. The number of hydrogen-bond donors (Lipinski definition) is 0. The van der Waals surface area contributed by atoms with Crippen LogP contribution in [0.25, 0.3) is 12.2 Å². The molecule has 0 aliphatic carbocycles. The summed E-state index contributed by atoms with van der Waals surface area (Å²) < 4.78 is 0. The Bertz CT molecular complexity index is 505. The Morgan fingerprint density at radius 1 is 0.684 bits per heavy atom. The Balaban J connectivity index is 0.00000180. The first-order chi connectivity index (χ1) is 8.84. The molecule has 0 saturated heterocycles. The van der Waals surface area contributed by atoms with Crippen LogP contribution < -0.4 is 0 Å². The molecule has 0 fully saturated rings. The predicted octanol–water partition coefficient (Wildman–Crippen LogP) is 3.98. The zero-order valence-corrected chi connectivity index (χ0v) is 13.4. The van der Waals surface area contributed by atoms with Crippen molar-refractivity contribution in [3.05, 3.63) is 83.9 Å². The summed E-state index contributed by atoms with van der Waals surface area (Å²) in [5.74, 6) is -0.0114. The number of carbonyl (C=O) groups excluding carboxylic acids is 1. The van der Waals surface area contributed by atoms with Crippen LogP contribution in [0.4, 0.5) is 0 Å². The van der Waals surface area contributed by atoms with Crippen molar-refractivity contribution in [3.63, 3.8) is 0 Å². The van der Waals surface area contributed by atoms with E-state index in [-0.39, 0.29) is 38.5 Å². The van der Waals surface area contributed by atoms with Gasteiger partial charge in [0.2, 0.25) is 0 Å². The SMILES string of the molecule is O=C(C=Cc1ccccc1)C=Cc1ccccc1.[Y]. The van der Waals surface area contributed by atoms with Crippen LogP contribution in [-0.2, 0) is 37.5 Å². The molecule has 0 heterocycles. The van der Waals surface area contributed by atoms with Crippen molar-refractivity contribution in [2.45, 2.75) is 0 Å². The molecule has 0 bridgehead atoms. The molecule has 2 rings (SSSR count). The summed E-state index contributed by atoms with van der Waals surface area (Å²) in [6, 6.07) is 19.6. The Morgan fingerprint density at radius 3 is 1.42 bits per heavy atom. The molecule has 0 spiro atoms. The molecule has 1 radical (unpaired) electrons. The second-order valence-electron chi connectivity index (χ2n) is 3.89. The molecule has 1 nitrogen and oxygen atoms in total. The number of carbonyl (C=O) groups is 1. The van der Waals surface area contributed by atoms with Crippen molar-refractivity contribution in [1.29, 1.82) is 0 Å². The predicted molar refractivity (Wildman–Crippen MR) is 76.0 cm³/mol. The van der Waals surface area contributed by atoms with Gasteiger partial charge in [0, 0.05) is 32.7 Å². The molecule has 0 saturated carbocycles. The van der Waals surface area contributed by atoms with Crippen LogP contribution in [-0.4, -0.2) is 5.78 Å². The topological polar surface area (TPSA) is 17.1 Å². The largest absolute Gasteiger partial charge is 0.290 e. The van der Waals surface area contributed by atoms with Crippen LogP contribution in [0.3, 0.4) is 0 Å². The second-order valence-corrected chi connectivity index (χ2v) is 3.89. The van der Waals surface area contributed by atoms with Crippen LogP contribution in [0.2, 0.25) is 0 Å².